The molecule has 0 saturated carbocycles. The molecule has 0 fully saturated rings. The number of carbonyl (C=O) groups excluding carboxylic acids is 2. The minimum atomic E-state index is -4.84. The largest absolute Gasteiger partial charge is 0.440 e. The maximum atomic E-state index is 12.6. The highest BCUT2D eigenvalue weighted by Gasteiger charge is 2.47. The molecule has 2 unspecified atom stereocenters. The van der Waals surface area contributed by atoms with E-state index in [1.807, 2.05) is 13.8 Å². The van der Waals surface area contributed by atoms with E-state index in [0.29, 0.717) is 25.7 Å². The monoisotopic (exact) mass is 582 g/mol. The molecule has 2 N–H and O–H groups in total. The average molecular weight is 583 g/mol. The fourth-order valence-electron chi connectivity index (χ4n) is 4.12. The molecule has 0 aliphatic carbocycles. The van der Waals surface area contributed by atoms with Crippen molar-refractivity contribution in [3.05, 3.63) is 25.3 Å². The Hall–Kier alpha value is -1.76. The van der Waals surface area contributed by atoms with E-state index in [9.17, 15) is 35.5 Å². The first-order chi connectivity index (χ1) is 17.7. The molecule has 0 bridgehead atoms. The number of esters is 2. The summed E-state index contributed by atoms with van der Waals surface area (Å²) in [4.78, 5) is 20.6. The molecule has 0 radical (unpaired) electrons. The van der Waals surface area contributed by atoms with Gasteiger partial charge in [0.2, 0.25) is 9.87 Å². The van der Waals surface area contributed by atoms with Crippen LogP contribution in [0.2, 0.25) is 0 Å². The van der Waals surface area contributed by atoms with Gasteiger partial charge in [0.1, 0.15) is 0 Å². The van der Waals surface area contributed by atoms with Gasteiger partial charge in [-0.05, 0) is 12.8 Å². The maximum Gasteiger partial charge on any atom is 0.308 e. The summed E-state index contributed by atoms with van der Waals surface area (Å²) in [7, 11) is -9.68. The van der Waals surface area contributed by atoms with Crippen LogP contribution in [0.4, 0.5) is 0 Å². The quantitative estimate of drug-likeness (QED) is 0.0642. The van der Waals surface area contributed by atoms with E-state index in [-0.39, 0.29) is 25.7 Å². The summed E-state index contributed by atoms with van der Waals surface area (Å²) in [6, 6.07) is 0. The number of hydrogen-bond acceptors (Lipinski definition) is 8. The lowest BCUT2D eigenvalue weighted by Gasteiger charge is -2.30. The van der Waals surface area contributed by atoms with Crippen molar-refractivity contribution in [2.45, 2.75) is 126 Å². The molecule has 0 aliphatic heterocycles. The Morgan fingerprint density at radius 3 is 1.24 bits per heavy atom. The first-order valence-electron chi connectivity index (χ1n) is 13.3. The Kier molecular flexibility index (Phi) is 16.9. The Labute approximate surface area is 228 Å². The molecule has 12 heteroatoms. The van der Waals surface area contributed by atoms with Gasteiger partial charge in [-0.2, -0.15) is 16.8 Å². The summed E-state index contributed by atoms with van der Waals surface area (Å²) in [5.74, 6) is -2.17. The van der Waals surface area contributed by atoms with Gasteiger partial charge < -0.3 is 9.47 Å². The average Bonchev–Trinajstić information content (AvgIpc) is 2.81. The van der Waals surface area contributed by atoms with Gasteiger partial charge in [-0.1, -0.05) is 77.4 Å². The normalized spacial score (nSPS) is 15.2. The van der Waals surface area contributed by atoms with Gasteiger partial charge in [0.05, 0.1) is 12.8 Å². The Balaban J connectivity index is 5.44. The highest BCUT2D eigenvalue weighted by Crippen LogP contribution is 2.33. The molecule has 0 spiro atoms. The summed E-state index contributed by atoms with van der Waals surface area (Å²) in [6.07, 6.45) is 7.85. The summed E-state index contributed by atoms with van der Waals surface area (Å²) in [5.41, 5.74) is 0. The van der Waals surface area contributed by atoms with Crippen LogP contribution in [0.25, 0.3) is 0 Å². The van der Waals surface area contributed by atoms with E-state index >= 15 is 0 Å². The molecule has 0 heterocycles. The van der Waals surface area contributed by atoms with Crippen molar-refractivity contribution < 1.29 is 45.0 Å². The fraction of sp³-hybridized carbons (Fsp3) is 0.769. The summed E-state index contributed by atoms with van der Waals surface area (Å²) < 4.78 is 79.0. The predicted octanol–water partition coefficient (Wildman–Crippen LogP) is 5.89. The van der Waals surface area contributed by atoms with Crippen LogP contribution in [0, 0.1) is 0 Å². The molecule has 0 amide bonds. The van der Waals surface area contributed by atoms with E-state index in [4.69, 9.17) is 9.47 Å². The van der Waals surface area contributed by atoms with Crippen molar-refractivity contribution in [3.8, 4) is 0 Å². The van der Waals surface area contributed by atoms with E-state index < -0.39 is 54.9 Å². The SMILES string of the molecule is C=CCC(CCCCCCC)(OC(=O)CCC(=O)OC(CC=C)(CCCCCCC)S(=O)(=O)O)S(=O)(=O)O. The van der Waals surface area contributed by atoms with Crippen LogP contribution in [-0.4, -0.2) is 47.7 Å². The number of carbonyl (C=O) groups is 2. The topological polar surface area (TPSA) is 161 Å². The van der Waals surface area contributed by atoms with Gasteiger partial charge in [0, 0.05) is 25.7 Å². The van der Waals surface area contributed by atoms with Gasteiger partial charge in [-0.15, -0.1) is 13.2 Å². The zero-order valence-corrected chi connectivity index (χ0v) is 24.5. The third kappa shape index (κ3) is 12.4. The fourth-order valence-corrected chi connectivity index (χ4v) is 5.98. The summed E-state index contributed by atoms with van der Waals surface area (Å²) in [6.45, 7) is 11.0. The van der Waals surface area contributed by atoms with Crippen molar-refractivity contribution in [1.82, 2.24) is 0 Å². The van der Waals surface area contributed by atoms with Crippen LogP contribution >= 0.6 is 0 Å². The molecular weight excluding hydrogens is 536 g/mol. The van der Waals surface area contributed by atoms with Crippen LogP contribution in [0.15, 0.2) is 25.3 Å². The molecule has 0 rings (SSSR count). The van der Waals surface area contributed by atoms with E-state index in [0.717, 1.165) is 38.5 Å². The van der Waals surface area contributed by atoms with Crippen molar-refractivity contribution in [2.24, 2.45) is 0 Å². The second kappa shape index (κ2) is 17.8. The zero-order valence-electron chi connectivity index (χ0n) is 22.9. The molecule has 0 saturated heterocycles. The zero-order chi connectivity index (χ0) is 29.3. The Morgan fingerprint density at radius 1 is 0.658 bits per heavy atom. The third-order valence-electron chi connectivity index (χ3n) is 6.31. The number of hydrogen-bond donors (Lipinski definition) is 2. The predicted molar refractivity (Wildman–Crippen MR) is 146 cm³/mol. The van der Waals surface area contributed by atoms with Crippen molar-refractivity contribution >= 4 is 32.2 Å². The first kappa shape index (κ1) is 36.2. The smallest absolute Gasteiger partial charge is 0.308 e. The van der Waals surface area contributed by atoms with Crippen molar-refractivity contribution in [3.63, 3.8) is 0 Å². The number of unbranched alkanes of at least 4 members (excludes halogenated alkanes) is 8. The molecule has 10 nitrogen and oxygen atoms in total. The molecule has 38 heavy (non-hydrogen) atoms. The van der Waals surface area contributed by atoms with Gasteiger partial charge in [-0.3, -0.25) is 18.7 Å². The summed E-state index contributed by atoms with van der Waals surface area (Å²) in [5, 5.41) is 0. The maximum absolute atomic E-state index is 12.6. The van der Waals surface area contributed by atoms with Crippen LogP contribution in [0.1, 0.15) is 117 Å². The van der Waals surface area contributed by atoms with Gasteiger partial charge in [0.15, 0.2) is 0 Å². The van der Waals surface area contributed by atoms with E-state index in [2.05, 4.69) is 13.2 Å². The molecule has 0 aliphatic rings. The van der Waals surface area contributed by atoms with E-state index in [1.54, 1.807) is 0 Å². The van der Waals surface area contributed by atoms with Crippen molar-refractivity contribution in [1.29, 1.82) is 0 Å². The lowest BCUT2D eigenvalue weighted by Crippen LogP contribution is -2.43. The molecule has 0 aromatic heterocycles. The van der Waals surface area contributed by atoms with Crippen LogP contribution in [-0.2, 0) is 39.3 Å². The Bertz CT molecular complexity index is 881. The molecule has 2 atom stereocenters. The molecular formula is C26H46O10S2. The van der Waals surface area contributed by atoms with Crippen LogP contribution in [0.3, 0.4) is 0 Å². The molecule has 0 aromatic carbocycles. The van der Waals surface area contributed by atoms with Gasteiger partial charge in [0.25, 0.3) is 0 Å². The van der Waals surface area contributed by atoms with E-state index in [1.165, 1.54) is 12.2 Å². The molecule has 222 valence electrons. The van der Waals surface area contributed by atoms with Gasteiger partial charge >= 0.3 is 32.2 Å². The lowest BCUT2D eigenvalue weighted by molar-refractivity contribution is -0.160. The van der Waals surface area contributed by atoms with Crippen LogP contribution < -0.4 is 0 Å². The number of rotatable bonds is 23. The number of ether oxygens (including phenoxy) is 2. The van der Waals surface area contributed by atoms with Gasteiger partial charge in [-0.25, -0.2) is 0 Å². The first-order valence-corrected chi connectivity index (χ1v) is 16.2. The van der Waals surface area contributed by atoms with Crippen molar-refractivity contribution in [2.75, 3.05) is 0 Å². The highest BCUT2D eigenvalue weighted by atomic mass is 32.2. The second-order valence-corrected chi connectivity index (χ2v) is 12.9. The Morgan fingerprint density at radius 2 is 0.974 bits per heavy atom. The lowest BCUT2D eigenvalue weighted by atomic mass is 10.0. The summed E-state index contributed by atoms with van der Waals surface area (Å²) >= 11 is 0. The molecule has 0 aromatic rings. The second-order valence-electron chi connectivity index (χ2n) is 9.53. The van der Waals surface area contributed by atoms with Crippen LogP contribution in [0.5, 0.6) is 0 Å². The minimum absolute atomic E-state index is 0.152. The minimum Gasteiger partial charge on any atom is -0.440 e. The standard InChI is InChI=1S/C26H46O10S2/c1-5-9-11-13-15-21-25(19-7-3,37(29,30)31)35-23(27)17-18-24(28)36-26(20-8-4,38(32,33)34)22-16-14-12-10-6-2/h7-8H,3-6,9-22H2,1-2H3,(H,29,30,31)(H,32,33,34). The third-order valence-corrected chi connectivity index (χ3v) is 9.09. The highest BCUT2D eigenvalue weighted by molar-refractivity contribution is 7.87.